The molecule has 0 spiro atoms. The third-order valence-corrected chi connectivity index (χ3v) is 4.95. The Morgan fingerprint density at radius 3 is 2.81 bits per heavy atom. The van der Waals surface area contributed by atoms with E-state index in [2.05, 4.69) is 35.9 Å². The molecule has 0 aliphatic rings. The molecule has 0 saturated carbocycles. The summed E-state index contributed by atoms with van der Waals surface area (Å²) < 4.78 is 32.6. The van der Waals surface area contributed by atoms with Crippen molar-refractivity contribution in [3.63, 3.8) is 0 Å². The van der Waals surface area contributed by atoms with E-state index in [0.29, 0.717) is 18.0 Å². The Morgan fingerprint density at radius 1 is 1.43 bits per heavy atom. The molecule has 0 aliphatic carbocycles. The van der Waals surface area contributed by atoms with Crippen molar-refractivity contribution in [2.24, 2.45) is 0 Å². The molecule has 0 unspecified atom stereocenters. The van der Waals surface area contributed by atoms with Crippen molar-refractivity contribution in [3.05, 3.63) is 34.7 Å². The third kappa shape index (κ3) is 4.40. The standard InChI is InChI=1S/C12H17BrN4O3S/c1-8(2)15-6-10-3-11(12(13)20-10)21(18,19)17-5-9-4-14-7-16-9/h3-4,7-8,15,17H,5-6H2,1-2H3,(H,14,16). The molecule has 0 amide bonds. The SMILES string of the molecule is CC(C)NCc1cc(S(=O)(=O)NCc2cnc[nH]2)c(Br)o1. The number of hydrogen-bond donors (Lipinski definition) is 3. The van der Waals surface area contributed by atoms with Gasteiger partial charge in [-0.05, 0) is 15.9 Å². The molecule has 2 heterocycles. The molecule has 2 aromatic rings. The van der Waals surface area contributed by atoms with Crippen LogP contribution in [0, 0.1) is 0 Å². The molecule has 2 rings (SSSR count). The lowest BCUT2D eigenvalue weighted by Crippen LogP contribution is -2.23. The van der Waals surface area contributed by atoms with Gasteiger partial charge in [-0.3, -0.25) is 0 Å². The smallest absolute Gasteiger partial charge is 0.245 e. The number of halogens is 1. The van der Waals surface area contributed by atoms with Crippen molar-refractivity contribution in [1.82, 2.24) is 20.0 Å². The van der Waals surface area contributed by atoms with Crippen LogP contribution in [0.15, 0.2) is 32.6 Å². The number of furan rings is 1. The normalized spacial score (nSPS) is 12.2. The maximum absolute atomic E-state index is 12.2. The average Bonchev–Trinajstić information content (AvgIpc) is 3.03. The number of nitrogens with one attached hydrogen (secondary N) is 3. The molecule has 0 bridgehead atoms. The Bertz CT molecular complexity index is 679. The van der Waals surface area contributed by atoms with Gasteiger partial charge in [0.05, 0.1) is 19.4 Å². The van der Waals surface area contributed by atoms with Crippen molar-refractivity contribution in [3.8, 4) is 0 Å². The summed E-state index contributed by atoms with van der Waals surface area (Å²) in [6, 6.07) is 1.79. The third-order valence-electron chi connectivity index (χ3n) is 2.69. The molecular formula is C12H17BrN4O3S. The van der Waals surface area contributed by atoms with Gasteiger partial charge in [-0.15, -0.1) is 0 Å². The second-order valence-corrected chi connectivity index (χ2v) is 7.24. The summed E-state index contributed by atoms with van der Waals surface area (Å²) in [5.74, 6) is 0.553. The van der Waals surface area contributed by atoms with Crippen LogP contribution in [0.1, 0.15) is 25.3 Å². The van der Waals surface area contributed by atoms with Crippen LogP contribution in [0.2, 0.25) is 0 Å². The quantitative estimate of drug-likeness (QED) is 0.683. The number of hydrogen-bond acceptors (Lipinski definition) is 5. The molecule has 7 nitrogen and oxygen atoms in total. The van der Waals surface area contributed by atoms with Gasteiger partial charge in [0.1, 0.15) is 10.7 Å². The van der Waals surface area contributed by atoms with E-state index in [9.17, 15) is 8.42 Å². The Labute approximate surface area is 131 Å². The molecular weight excluding hydrogens is 360 g/mol. The van der Waals surface area contributed by atoms with Gasteiger partial charge < -0.3 is 14.7 Å². The highest BCUT2D eigenvalue weighted by Gasteiger charge is 2.22. The maximum atomic E-state index is 12.2. The predicted octanol–water partition coefficient (Wildman–Crippen LogP) is 1.74. The summed E-state index contributed by atoms with van der Waals surface area (Å²) in [4.78, 5) is 6.75. The predicted molar refractivity (Wildman–Crippen MR) is 81.0 cm³/mol. The fourth-order valence-electron chi connectivity index (χ4n) is 1.60. The summed E-state index contributed by atoms with van der Waals surface area (Å²) in [5.41, 5.74) is 0.680. The lowest BCUT2D eigenvalue weighted by molar-refractivity contribution is 0.447. The van der Waals surface area contributed by atoms with Crippen LogP contribution >= 0.6 is 15.9 Å². The van der Waals surface area contributed by atoms with E-state index in [0.717, 1.165) is 0 Å². The van der Waals surface area contributed by atoms with Crippen LogP contribution in [-0.4, -0.2) is 24.4 Å². The minimum atomic E-state index is -3.65. The summed E-state index contributed by atoms with van der Waals surface area (Å²) >= 11 is 3.14. The number of H-pyrrole nitrogens is 1. The van der Waals surface area contributed by atoms with Crippen LogP contribution in [0.3, 0.4) is 0 Å². The monoisotopic (exact) mass is 376 g/mol. The first-order valence-electron chi connectivity index (χ1n) is 6.37. The van der Waals surface area contributed by atoms with Gasteiger partial charge in [-0.2, -0.15) is 0 Å². The lowest BCUT2D eigenvalue weighted by atomic mass is 10.3. The number of aromatic nitrogens is 2. The highest BCUT2D eigenvalue weighted by atomic mass is 79.9. The van der Waals surface area contributed by atoms with Crippen LogP contribution in [0.5, 0.6) is 0 Å². The largest absolute Gasteiger partial charge is 0.452 e. The van der Waals surface area contributed by atoms with Crippen LogP contribution in [0.25, 0.3) is 0 Å². The van der Waals surface area contributed by atoms with Gasteiger partial charge in [0.25, 0.3) is 0 Å². The molecule has 0 atom stereocenters. The van der Waals surface area contributed by atoms with Gasteiger partial charge in [0, 0.05) is 24.0 Å². The minimum absolute atomic E-state index is 0.0857. The average molecular weight is 377 g/mol. The second-order valence-electron chi connectivity index (χ2n) is 4.79. The summed E-state index contributed by atoms with van der Waals surface area (Å²) in [6.07, 6.45) is 3.05. The van der Waals surface area contributed by atoms with Crippen LogP contribution < -0.4 is 10.0 Å². The first kappa shape index (κ1) is 16.2. The van der Waals surface area contributed by atoms with Gasteiger partial charge >= 0.3 is 0 Å². The van der Waals surface area contributed by atoms with Gasteiger partial charge in [-0.25, -0.2) is 18.1 Å². The zero-order chi connectivity index (χ0) is 15.5. The summed E-state index contributed by atoms with van der Waals surface area (Å²) in [7, 11) is -3.65. The van der Waals surface area contributed by atoms with Crippen molar-refractivity contribution in [2.75, 3.05) is 0 Å². The van der Waals surface area contributed by atoms with Crippen molar-refractivity contribution >= 4 is 26.0 Å². The molecule has 0 radical (unpaired) electrons. The molecule has 0 fully saturated rings. The van der Waals surface area contributed by atoms with Crippen molar-refractivity contribution in [1.29, 1.82) is 0 Å². The first-order valence-corrected chi connectivity index (χ1v) is 8.64. The van der Waals surface area contributed by atoms with E-state index in [1.807, 2.05) is 13.8 Å². The van der Waals surface area contributed by atoms with E-state index in [-0.39, 0.29) is 22.2 Å². The number of aromatic amines is 1. The fourth-order valence-corrected chi connectivity index (χ4v) is 3.61. The molecule has 0 aliphatic heterocycles. The molecule has 3 N–H and O–H groups in total. The Morgan fingerprint density at radius 2 is 2.19 bits per heavy atom. The molecule has 116 valence electrons. The summed E-state index contributed by atoms with van der Waals surface area (Å²) in [6.45, 7) is 4.61. The zero-order valence-corrected chi connectivity index (χ0v) is 14.1. The van der Waals surface area contributed by atoms with Crippen molar-refractivity contribution in [2.45, 2.75) is 37.9 Å². The maximum Gasteiger partial charge on any atom is 0.245 e. The van der Waals surface area contributed by atoms with Gasteiger partial charge in [0.2, 0.25) is 10.0 Å². The van der Waals surface area contributed by atoms with E-state index < -0.39 is 10.0 Å². The Balaban J connectivity index is 2.08. The molecule has 0 aromatic carbocycles. The second kappa shape index (κ2) is 6.73. The van der Waals surface area contributed by atoms with E-state index in [4.69, 9.17) is 4.42 Å². The van der Waals surface area contributed by atoms with Gasteiger partial charge in [-0.1, -0.05) is 13.8 Å². The molecule has 2 aromatic heterocycles. The number of imidazole rings is 1. The van der Waals surface area contributed by atoms with Crippen LogP contribution in [-0.2, 0) is 23.1 Å². The number of sulfonamides is 1. The number of nitrogens with zero attached hydrogens (tertiary/aromatic N) is 1. The molecule has 9 heteroatoms. The Kier molecular flexibility index (Phi) is 5.20. The van der Waals surface area contributed by atoms with Crippen LogP contribution in [0.4, 0.5) is 0 Å². The Hall–Kier alpha value is -1.16. The highest BCUT2D eigenvalue weighted by molar-refractivity contribution is 9.10. The van der Waals surface area contributed by atoms with E-state index >= 15 is 0 Å². The van der Waals surface area contributed by atoms with Crippen molar-refractivity contribution < 1.29 is 12.8 Å². The minimum Gasteiger partial charge on any atom is -0.452 e. The number of rotatable bonds is 7. The van der Waals surface area contributed by atoms with E-state index in [1.165, 1.54) is 12.4 Å². The molecule has 21 heavy (non-hydrogen) atoms. The van der Waals surface area contributed by atoms with Gasteiger partial charge in [0.15, 0.2) is 4.67 Å². The lowest BCUT2D eigenvalue weighted by Gasteiger charge is -2.04. The fraction of sp³-hybridized carbons (Fsp3) is 0.417. The zero-order valence-electron chi connectivity index (χ0n) is 11.7. The topological polar surface area (TPSA) is 100 Å². The van der Waals surface area contributed by atoms with E-state index in [1.54, 1.807) is 6.20 Å². The highest BCUT2D eigenvalue weighted by Crippen LogP contribution is 2.26. The molecule has 0 saturated heterocycles. The summed E-state index contributed by atoms with van der Waals surface area (Å²) in [5, 5.41) is 3.17. The first-order chi connectivity index (χ1) is 9.88.